The fourth-order valence-electron chi connectivity index (χ4n) is 2.04. The molecule has 1 aromatic heterocycles. The minimum atomic E-state index is -0.249. The van der Waals surface area contributed by atoms with Crippen molar-refractivity contribution in [3.63, 3.8) is 0 Å². The normalized spacial score (nSPS) is 13.2. The summed E-state index contributed by atoms with van der Waals surface area (Å²) >= 11 is 0. The maximum absolute atomic E-state index is 13.0. The zero-order chi connectivity index (χ0) is 15.9. The summed E-state index contributed by atoms with van der Waals surface area (Å²) in [7, 11) is 3.90. The maximum atomic E-state index is 13.0. The second kappa shape index (κ2) is 7.51. The Kier molecular flexibility index (Phi) is 5.43. The van der Waals surface area contributed by atoms with E-state index in [4.69, 9.17) is 5.73 Å². The minimum absolute atomic E-state index is 0.0182. The molecule has 0 saturated heterocycles. The van der Waals surface area contributed by atoms with Gasteiger partial charge in [0, 0.05) is 6.20 Å². The maximum Gasteiger partial charge on any atom is 0.194 e. The molecule has 0 amide bonds. The van der Waals surface area contributed by atoms with Crippen molar-refractivity contribution < 1.29 is 4.39 Å². The molecule has 116 valence electrons. The van der Waals surface area contributed by atoms with Crippen LogP contribution in [0.25, 0.3) is 0 Å². The predicted octanol–water partition coefficient (Wildman–Crippen LogP) is 2.25. The van der Waals surface area contributed by atoms with E-state index in [1.807, 2.05) is 37.2 Å². The van der Waals surface area contributed by atoms with Gasteiger partial charge in [0.05, 0.1) is 12.6 Å². The summed E-state index contributed by atoms with van der Waals surface area (Å²) in [5.74, 6) is 0.695. The average Bonchev–Trinajstić information content (AvgIpc) is 2.50. The van der Waals surface area contributed by atoms with Crippen LogP contribution in [0.4, 0.5) is 10.2 Å². The van der Waals surface area contributed by atoms with Crippen molar-refractivity contribution in [1.29, 1.82) is 0 Å². The number of nitrogens with one attached hydrogen (secondary N) is 1. The first kappa shape index (κ1) is 15.9. The SMILES string of the molecule is CN(C)C(CN=C(N)Nc1ccccn1)c1ccc(F)cc1. The highest BCUT2D eigenvalue weighted by Gasteiger charge is 2.13. The second-order valence-electron chi connectivity index (χ2n) is 5.10. The van der Waals surface area contributed by atoms with E-state index in [0.717, 1.165) is 5.56 Å². The Morgan fingerprint density at radius 1 is 1.27 bits per heavy atom. The van der Waals surface area contributed by atoms with Gasteiger partial charge in [0.2, 0.25) is 0 Å². The standard InChI is InChI=1S/C16H20FN5/c1-22(2)14(12-6-8-13(17)9-7-12)11-20-16(18)21-15-5-3-4-10-19-15/h3-10,14H,11H2,1-2H3,(H3,18,19,20,21). The second-order valence-corrected chi connectivity index (χ2v) is 5.10. The van der Waals surface area contributed by atoms with Gasteiger partial charge in [0.25, 0.3) is 0 Å². The molecule has 3 N–H and O–H groups in total. The lowest BCUT2D eigenvalue weighted by molar-refractivity contribution is 0.306. The number of anilines is 1. The first-order valence-corrected chi connectivity index (χ1v) is 6.96. The number of aliphatic imine (C=N–C) groups is 1. The summed E-state index contributed by atoms with van der Waals surface area (Å²) in [4.78, 5) is 10.5. The third kappa shape index (κ3) is 4.53. The molecule has 0 aliphatic heterocycles. The van der Waals surface area contributed by atoms with Gasteiger partial charge < -0.3 is 16.0 Å². The molecular formula is C16H20FN5. The lowest BCUT2D eigenvalue weighted by atomic mass is 10.1. The molecule has 6 heteroatoms. The molecule has 0 bridgehead atoms. The number of rotatable bonds is 5. The molecule has 22 heavy (non-hydrogen) atoms. The van der Waals surface area contributed by atoms with E-state index in [9.17, 15) is 4.39 Å². The summed E-state index contributed by atoms with van der Waals surface area (Å²) in [6.45, 7) is 0.463. The first-order valence-electron chi connectivity index (χ1n) is 6.96. The first-order chi connectivity index (χ1) is 10.6. The average molecular weight is 301 g/mol. The zero-order valence-corrected chi connectivity index (χ0v) is 12.7. The molecule has 0 radical (unpaired) electrons. The van der Waals surface area contributed by atoms with Crippen molar-refractivity contribution in [3.05, 3.63) is 60.0 Å². The summed E-state index contributed by atoms with van der Waals surface area (Å²) in [6.07, 6.45) is 1.68. The van der Waals surface area contributed by atoms with Gasteiger partial charge in [-0.2, -0.15) is 0 Å². The number of guanidine groups is 1. The highest BCUT2D eigenvalue weighted by atomic mass is 19.1. The fourth-order valence-corrected chi connectivity index (χ4v) is 2.04. The molecule has 5 nitrogen and oxygen atoms in total. The van der Waals surface area contributed by atoms with Crippen molar-refractivity contribution >= 4 is 11.8 Å². The molecule has 1 aromatic carbocycles. The van der Waals surface area contributed by atoms with E-state index >= 15 is 0 Å². The molecule has 1 unspecified atom stereocenters. The number of hydrogen-bond acceptors (Lipinski definition) is 3. The van der Waals surface area contributed by atoms with Crippen molar-refractivity contribution in [2.45, 2.75) is 6.04 Å². The van der Waals surface area contributed by atoms with Crippen LogP contribution in [0.5, 0.6) is 0 Å². The molecule has 2 aromatic rings. The predicted molar refractivity (Wildman–Crippen MR) is 87.2 cm³/mol. The molecule has 0 aliphatic rings. The Balaban J connectivity index is 2.05. The van der Waals surface area contributed by atoms with Crippen LogP contribution in [0, 0.1) is 5.82 Å². The topological polar surface area (TPSA) is 66.5 Å². The summed E-state index contributed by atoms with van der Waals surface area (Å²) in [6, 6.07) is 11.9. The van der Waals surface area contributed by atoms with Crippen LogP contribution in [0.15, 0.2) is 53.7 Å². The van der Waals surface area contributed by atoms with Gasteiger partial charge in [-0.25, -0.2) is 9.37 Å². The Morgan fingerprint density at radius 3 is 2.59 bits per heavy atom. The molecular weight excluding hydrogens is 281 g/mol. The van der Waals surface area contributed by atoms with Gasteiger partial charge in [-0.1, -0.05) is 18.2 Å². The van der Waals surface area contributed by atoms with Gasteiger partial charge in [-0.15, -0.1) is 0 Å². The van der Waals surface area contributed by atoms with Crippen molar-refractivity contribution in [3.8, 4) is 0 Å². The van der Waals surface area contributed by atoms with E-state index in [0.29, 0.717) is 18.3 Å². The summed E-state index contributed by atoms with van der Waals surface area (Å²) in [5, 5.41) is 2.93. The fraction of sp³-hybridized carbons (Fsp3) is 0.250. The minimum Gasteiger partial charge on any atom is -0.370 e. The lowest BCUT2D eigenvalue weighted by Crippen LogP contribution is -2.27. The number of pyridine rings is 1. The van der Waals surface area contributed by atoms with Crippen LogP contribution in [-0.2, 0) is 0 Å². The number of benzene rings is 1. The number of hydrogen-bond donors (Lipinski definition) is 2. The van der Waals surface area contributed by atoms with Crippen LogP contribution in [0.1, 0.15) is 11.6 Å². The number of halogens is 1. The Morgan fingerprint density at radius 2 is 2.00 bits per heavy atom. The quantitative estimate of drug-likeness (QED) is 0.656. The van der Waals surface area contributed by atoms with E-state index in [1.165, 1.54) is 12.1 Å². The molecule has 0 fully saturated rings. The molecule has 1 heterocycles. The van der Waals surface area contributed by atoms with Crippen LogP contribution in [-0.4, -0.2) is 36.5 Å². The lowest BCUT2D eigenvalue weighted by Gasteiger charge is -2.23. The smallest absolute Gasteiger partial charge is 0.194 e. The van der Waals surface area contributed by atoms with E-state index in [-0.39, 0.29) is 11.9 Å². The van der Waals surface area contributed by atoms with Crippen LogP contribution in [0.3, 0.4) is 0 Å². The highest BCUT2D eigenvalue weighted by molar-refractivity contribution is 5.91. The third-order valence-electron chi connectivity index (χ3n) is 3.23. The van der Waals surface area contributed by atoms with E-state index in [1.54, 1.807) is 18.3 Å². The van der Waals surface area contributed by atoms with Crippen LogP contribution < -0.4 is 11.1 Å². The Bertz CT molecular complexity index is 610. The van der Waals surface area contributed by atoms with Crippen molar-refractivity contribution in [2.24, 2.45) is 10.7 Å². The highest BCUT2D eigenvalue weighted by Crippen LogP contribution is 2.19. The summed E-state index contributed by atoms with van der Waals surface area (Å²) < 4.78 is 13.0. The number of likely N-dealkylation sites (N-methyl/N-ethyl adjacent to an activating group) is 1. The van der Waals surface area contributed by atoms with E-state index < -0.39 is 0 Å². The van der Waals surface area contributed by atoms with Crippen LogP contribution in [0.2, 0.25) is 0 Å². The van der Waals surface area contributed by atoms with Gasteiger partial charge >= 0.3 is 0 Å². The number of nitrogens with zero attached hydrogens (tertiary/aromatic N) is 3. The molecule has 1 atom stereocenters. The van der Waals surface area contributed by atoms with Gasteiger partial charge in [-0.05, 0) is 43.9 Å². The Hall–Kier alpha value is -2.47. The molecule has 0 saturated carbocycles. The van der Waals surface area contributed by atoms with Crippen LogP contribution >= 0.6 is 0 Å². The van der Waals surface area contributed by atoms with E-state index in [2.05, 4.69) is 15.3 Å². The van der Waals surface area contributed by atoms with Crippen molar-refractivity contribution in [2.75, 3.05) is 26.0 Å². The summed E-state index contributed by atoms with van der Waals surface area (Å²) in [5.41, 5.74) is 6.86. The van der Waals surface area contributed by atoms with Gasteiger partial charge in [0.15, 0.2) is 5.96 Å². The molecule has 0 spiro atoms. The number of aromatic nitrogens is 1. The molecule has 2 rings (SSSR count). The van der Waals surface area contributed by atoms with Gasteiger partial charge in [-0.3, -0.25) is 4.99 Å². The largest absolute Gasteiger partial charge is 0.370 e. The Labute approximate surface area is 129 Å². The monoisotopic (exact) mass is 301 g/mol. The third-order valence-corrected chi connectivity index (χ3v) is 3.23. The van der Waals surface area contributed by atoms with Crippen molar-refractivity contribution in [1.82, 2.24) is 9.88 Å². The number of nitrogens with two attached hydrogens (primary N) is 1. The molecule has 0 aliphatic carbocycles. The zero-order valence-electron chi connectivity index (χ0n) is 12.7. The van der Waals surface area contributed by atoms with Gasteiger partial charge in [0.1, 0.15) is 11.6 Å².